The smallest absolute Gasteiger partial charge is 0.153 e. The van der Waals surface area contributed by atoms with Crippen LogP contribution in [0.5, 0.6) is 0 Å². The van der Waals surface area contributed by atoms with E-state index in [1.807, 2.05) is 0 Å². The SMILES string of the molecule is C=[C-]Cc1[c-]ccc(C(=O)CCl)c1.[Y]. The zero-order chi connectivity index (χ0) is 9.68. The van der Waals surface area contributed by atoms with Crippen molar-refractivity contribution >= 4 is 17.4 Å². The number of rotatable bonds is 4. The summed E-state index contributed by atoms with van der Waals surface area (Å²) in [6.07, 6.45) is 3.34. The number of alkyl halides is 1. The van der Waals surface area contributed by atoms with Gasteiger partial charge in [-0.2, -0.15) is 36.2 Å². The maximum Gasteiger partial charge on any atom is 0.153 e. The van der Waals surface area contributed by atoms with Crippen molar-refractivity contribution in [2.45, 2.75) is 6.42 Å². The van der Waals surface area contributed by atoms with Gasteiger partial charge in [0.15, 0.2) is 5.78 Å². The molecule has 0 bridgehead atoms. The molecule has 1 rings (SSSR count). The normalized spacial score (nSPS) is 8.93. The van der Waals surface area contributed by atoms with Gasteiger partial charge in [0.2, 0.25) is 0 Å². The third kappa shape index (κ3) is 4.04. The van der Waals surface area contributed by atoms with Crippen molar-refractivity contribution in [1.29, 1.82) is 0 Å². The molecule has 71 valence electrons. The van der Waals surface area contributed by atoms with Crippen molar-refractivity contribution in [3.05, 3.63) is 48.0 Å². The second-order valence-electron chi connectivity index (χ2n) is 2.59. The Morgan fingerprint density at radius 3 is 2.93 bits per heavy atom. The van der Waals surface area contributed by atoms with Crippen LogP contribution in [0.4, 0.5) is 0 Å². The molecule has 0 saturated heterocycles. The molecule has 0 fully saturated rings. The van der Waals surface area contributed by atoms with Gasteiger partial charge in [0, 0.05) is 32.7 Å². The van der Waals surface area contributed by atoms with Crippen LogP contribution in [0.25, 0.3) is 0 Å². The van der Waals surface area contributed by atoms with E-state index in [4.69, 9.17) is 11.6 Å². The first-order valence-electron chi connectivity index (χ1n) is 3.87. The molecule has 0 aliphatic heterocycles. The van der Waals surface area contributed by atoms with E-state index >= 15 is 0 Å². The van der Waals surface area contributed by atoms with Crippen molar-refractivity contribution < 1.29 is 37.5 Å². The number of carbonyl (C=O) groups excluding carboxylic acids is 1. The quantitative estimate of drug-likeness (QED) is 0.471. The van der Waals surface area contributed by atoms with E-state index in [2.05, 4.69) is 18.7 Å². The van der Waals surface area contributed by atoms with Gasteiger partial charge in [-0.25, -0.2) is 0 Å². The van der Waals surface area contributed by atoms with Crippen molar-refractivity contribution in [3.8, 4) is 0 Å². The Bertz CT molecular complexity index is 323. The summed E-state index contributed by atoms with van der Waals surface area (Å²) in [4.78, 5) is 11.2. The van der Waals surface area contributed by atoms with E-state index in [1.54, 1.807) is 18.2 Å². The first kappa shape index (κ1) is 14.0. The number of benzene rings is 1. The Hall–Kier alpha value is 0.0239. The number of hydrogen-bond donors (Lipinski definition) is 0. The van der Waals surface area contributed by atoms with E-state index in [0.29, 0.717) is 12.0 Å². The molecule has 0 aromatic heterocycles. The Morgan fingerprint density at radius 2 is 2.36 bits per heavy atom. The van der Waals surface area contributed by atoms with E-state index in [9.17, 15) is 4.79 Å². The molecule has 14 heavy (non-hydrogen) atoms. The Balaban J connectivity index is 0.00000169. The Morgan fingerprint density at radius 1 is 1.64 bits per heavy atom. The number of Topliss-reactive ketones (excluding diaryl/α,β-unsaturated/α-hetero) is 1. The van der Waals surface area contributed by atoms with Gasteiger partial charge in [0.1, 0.15) is 0 Å². The number of halogens is 1. The summed E-state index contributed by atoms with van der Waals surface area (Å²) in [7, 11) is 0. The molecule has 3 heteroatoms. The van der Waals surface area contributed by atoms with Gasteiger partial charge in [-0.05, 0) is 0 Å². The fourth-order valence-electron chi connectivity index (χ4n) is 1.00. The molecule has 1 aromatic rings. The summed E-state index contributed by atoms with van der Waals surface area (Å²) >= 11 is 5.43. The van der Waals surface area contributed by atoms with Crippen molar-refractivity contribution in [2.24, 2.45) is 0 Å². The van der Waals surface area contributed by atoms with Crippen LogP contribution in [0.15, 0.2) is 24.8 Å². The van der Waals surface area contributed by atoms with Gasteiger partial charge in [0.25, 0.3) is 0 Å². The summed E-state index contributed by atoms with van der Waals surface area (Å²) < 4.78 is 0. The average Bonchev–Trinajstić information content (AvgIpc) is 2.18. The summed E-state index contributed by atoms with van der Waals surface area (Å²) in [5, 5.41) is 0. The minimum absolute atomic E-state index is 0. The van der Waals surface area contributed by atoms with Crippen molar-refractivity contribution in [2.75, 3.05) is 5.88 Å². The summed E-state index contributed by atoms with van der Waals surface area (Å²) in [6.45, 7) is 3.49. The van der Waals surface area contributed by atoms with Crippen LogP contribution in [-0.2, 0) is 39.1 Å². The fraction of sp³-hybridized carbons (Fsp3) is 0.182. The molecule has 1 aromatic carbocycles. The van der Waals surface area contributed by atoms with E-state index in [-0.39, 0.29) is 44.4 Å². The van der Waals surface area contributed by atoms with E-state index in [0.717, 1.165) is 5.56 Å². The van der Waals surface area contributed by atoms with E-state index in [1.165, 1.54) is 0 Å². The molecule has 0 aliphatic rings. The zero-order valence-electron chi connectivity index (χ0n) is 7.72. The molecule has 0 amide bonds. The molecule has 0 atom stereocenters. The molecular formula is C11H9ClOY-2. The fourth-order valence-corrected chi connectivity index (χ4v) is 1.16. The third-order valence-electron chi connectivity index (χ3n) is 1.62. The van der Waals surface area contributed by atoms with Crippen LogP contribution in [0, 0.1) is 12.1 Å². The number of carbonyl (C=O) groups is 1. The molecule has 0 N–H and O–H groups in total. The molecule has 0 saturated carbocycles. The predicted molar refractivity (Wildman–Crippen MR) is 52.9 cm³/mol. The maximum absolute atomic E-state index is 11.2. The summed E-state index contributed by atoms with van der Waals surface area (Å²) in [6, 6.07) is 8.18. The summed E-state index contributed by atoms with van der Waals surface area (Å²) in [5.41, 5.74) is 1.53. The molecule has 0 aliphatic carbocycles. The molecule has 0 spiro atoms. The Labute approximate surface area is 114 Å². The average molecular weight is 282 g/mol. The van der Waals surface area contributed by atoms with Gasteiger partial charge < -0.3 is 6.08 Å². The van der Waals surface area contributed by atoms with Crippen LogP contribution in [0.3, 0.4) is 0 Å². The second-order valence-corrected chi connectivity index (χ2v) is 2.85. The van der Waals surface area contributed by atoms with Crippen LogP contribution < -0.4 is 0 Å². The number of allylic oxidation sites excluding steroid dienone is 1. The minimum Gasteiger partial charge on any atom is -0.502 e. The van der Waals surface area contributed by atoms with Crippen LogP contribution in [-0.4, -0.2) is 11.7 Å². The van der Waals surface area contributed by atoms with Gasteiger partial charge in [0.05, 0.1) is 5.88 Å². The number of hydrogen-bond acceptors (Lipinski definition) is 1. The van der Waals surface area contributed by atoms with Crippen molar-refractivity contribution in [1.82, 2.24) is 0 Å². The van der Waals surface area contributed by atoms with Crippen LogP contribution in [0.1, 0.15) is 15.9 Å². The van der Waals surface area contributed by atoms with Gasteiger partial charge in [-0.15, -0.1) is 11.6 Å². The van der Waals surface area contributed by atoms with Gasteiger partial charge in [-0.3, -0.25) is 11.4 Å². The maximum atomic E-state index is 11.2. The molecular weight excluding hydrogens is 272 g/mol. The van der Waals surface area contributed by atoms with Crippen LogP contribution in [0.2, 0.25) is 0 Å². The van der Waals surface area contributed by atoms with Crippen LogP contribution >= 0.6 is 11.6 Å². The predicted octanol–water partition coefficient (Wildman–Crippen LogP) is 2.44. The molecule has 0 heterocycles. The first-order chi connectivity index (χ1) is 6.27. The monoisotopic (exact) mass is 281 g/mol. The third-order valence-corrected chi connectivity index (χ3v) is 1.86. The zero-order valence-corrected chi connectivity index (χ0v) is 11.3. The minimum atomic E-state index is -0.0685. The molecule has 1 nitrogen and oxygen atoms in total. The summed E-state index contributed by atoms with van der Waals surface area (Å²) in [5.74, 6) is -0.0534. The van der Waals surface area contributed by atoms with E-state index < -0.39 is 0 Å². The standard InChI is InChI=1S/C11H9ClO.Y/c1-2-4-9-5-3-6-10(7-9)11(13)8-12;/h3,6-7H,1,4,8H2;/q-2;. The number of ketones is 1. The molecule has 0 unspecified atom stereocenters. The Kier molecular flexibility index (Phi) is 7.35. The van der Waals surface area contributed by atoms with Gasteiger partial charge >= 0.3 is 0 Å². The largest absolute Gasteiger partial charge is 0.502 e. The second kappa shape index (κ2) is 7.33. The first-order valence-corrected chi connectivity index (χ1v) is 4.41. The molecule has 1 radical (unpaired) electrons. The van der Waals surface area contributed by atoms with Crippen molar-refractivity contribution in [3.63, 3.8) is 0 Å². The topological polar surface area (TPSA) is 17.1 Å². The van der Waals surface area contributed by atoms with Gasteiger partial charge in [-0.1, -0.05) is 5.56 Å².